The summed E-state index contributed by atoms with van der Waals surface area (Å²) in [5.41, 5.74) is 1.96. The van der Waals surface area contributed by atoms with E-state index in [1.54, 1.807) is 12.1 Å². The van der Waals surface area contributed by atoms with Crippen molar-refractivity contribution >= 4 is 34.4 Å². The largest absolute Gasteiger partial charge is 0.375 e. The van der Waals surface area contributed by atoms with Gasteiger partial charge < -0.3 is 15.5 Å². The molecule has 0 heterocycles. The Balaban J connectivity index is 1.69. The van der Waals surface area contributed by atoms with Gasteiger partial charge in [-0.3, -0.25) is 10.1 Å². The van der Waals surface area contributed by atoms with E-state index in [4.69, 9.17) is 12.2 Å². The van der Waals surface area contributed by atoms with Gasteiger partial charge in [0, 0.05) is 43.6 Å². The Morgan fingerprint density at radius 2 is 1.83 bits per heavy atom. The van der Waals surface area contributed by atoms with Crippen LogP contribution in [-0.2, 0) is 0 Å². The van der Waals surface area contributed by atoms with Gasteiger partial charge in [0.15, 0.2) is 5.11 Å². The van der Waals surface area contributed by atoms with Crippen molar-refractivity contribution in [3.8, 4) is 0 Å². The molecule has 2 N–H and O–H groups in total. The van der Waals surface area contributed by atoms with Crippen molar-refractivity contribution in [2.75, 3.05) is 30.4 Å². The molecule has 126 valence electrons. The zero-order valence-corrected chi connectivity index (χ0v) is 14.3. The molecule has 2 aromatic rings. The minimum absolute atomic E-state index is 0.0587. The van der Waals surface area contributed by atoms with Crippen molar-refractivity contribution in [1.29, 1.82) is 0 Å². The second-order valence-corrected chi connectivity index (χ2v) is 5.70. The van der Waals surface area contributed by atoms with E-state index in [-0.39, 0.29) is 5.69 Å². The van der Waals surface area contributed by atoms with Gasteiger partial charge in [-0.25, -0.2) is 0 Å². The number of para-hydroxylation sites is 1. The highest BCUT2D eigenvalue weighted by Gasteiger charge is 2.05. The molecule has 0 unspecified atom stereocenters. The van der Waals surface area contributed by atoms with Crippen LogP contribution in [0.25, 0.3) is 0 Å². The van der Waals surface area contributed by atoms with Gasteiger partial charge in [-0.05, 0) is 42.9 Å². The van der Waals surface area contributed by atoms with Crippen LogP contribution in [0.4, 0.5) is 17.1 Å². The molecule has 0 fully saturated rings. The molecule has 2 aromatic carbocycles. The summed E-state index contributed by atoms with van der Waals surface area (Å²) in [6.45, 7) is 1.66. The van der Waals surface area contributed by atoms with Crippen molar-refractivity contribution in [3.05, 3.63) is 64.7 Å². The van der Waals surface area contributed by atoms with E-state index in [9.17, 15) is 10.1 Å². The van der Waals surface area contributed by atoms with Crippen LogP contribution in [0, 0.1) is 10.1 Å². The summed E-state index contributed by atoms with van der Waals surface area (Å²) in [4.78, 5) is 12.4. The highest BCUT2D eigenvalue weighted by Crippen LogP contribution is 2.15. The number of non-ortho nitro benzene ring substituents is 1. The number of rotatable bonds is 7. The standard InChI is InChI=1S/C17H20N4O2S/c1-20(15-6-3-2-4-7-15)13-5-12-18-17(24)19-14-8-10-16(11-9-14)21(22)23/h2-4,6-11H,5,12-13H2,1H3,(H2,18,19,24). The fraction of sp³-hybridized carbons (Fsp3) is 0.235. The number of thiocarbonyl (C=S) groups is 1. The number of nitro benzene ring substituents is 1. The van der Waals surface area contributed by atoms with Crippen LogP contribution in [0.15, 0.2) is 54.6 Å². The number of nitrogens with zero attached hydrogens (tertiary/aromatic N) is 2. The molecule has 0 bridgehead atoms. The third kappa shape index (κ3) is 5.51. The zero-order chi connectivity index (χ0) is 17.4. The molecular formula is C17H20N4O2S. The number of anilines is 2. The monoisotopic (exact) mass is 344 g/mol. The average molecular weight is 344 g/mol. The molecule has 2 rings (SSSR count). The minimum Gasteiger partial charge on any atom is -0.375 e. The molecule has 6 nitrogen and oxygen atoms in total. The molecule has 0 saturated carbocycles. The van der Waals surface area contributed by atoms with Crippen LogP contribution in [0.1, 0.15) is 6.42 Å². The summed E-state index contributed by atoms with van der Waals surface area (Å²) in [5.74, 6) is 0. The summed E-state index contributed by atoms with van der Waals surface area (Å²) < 4.78 is 0. The topological polar surface area (TPSA) is 70.4 Å². The Labute approximate surface area is 146 Å². The number of nitrogens with one attached hydrogen (secondary N) is 2. The fourth-order valence-corrected chi connectivity index (χ4v) is 2.39. The number of hydrogen-bond acceptors (Lipinski definition) is 4. The van der Waals surface area contributed by atoms with Gasteiger partial charge in [0.25, 0.3) is 5.69 Å². The maximum absolute atomic E-state index is 10.6. The van der Waals surface area contributed by atoms with E-state index >= 15 is 0 Å². The third-order valence-corrected chi connectivity index (χ3v) is 3.74. The highest BCUT2D eigenvalue weighted by atomic mass is 32.1. The molecular weight excluding hydrogens is 324 g/mol. The van der Waals surface area contributed by atoms with Gasteiger partial charge >= 0.3 is 0 Å². The lowest BCUT2D eigenvalue weighted by Gasteiger charge is -2.19. The van der Waals surface area contributed by atoms with Crippen LogP contribution >= 0.6 is 12.2 Å². The minimum atomic E-state index is -0.427. The zero-order valence-electron chi connectivity index (χ0n) is 13.4. The smallest absolute Gasteiger partial charge is 0.269 e. The fourth-order valence-electron chi connectivity index (χ4n) is 2.17. The molecule has 24 heavy (non-hydrogen) atoms. The lowest BCUT2D eigenvalue weighted by molar-refractivity contribution is -0.384. The molecule has 0 amide bonds. The molecule has 0 spiro atoms. The van der Waals surface area contributed by atoms with Gasteiger partial charge in [0.05, 0.1) is 4.92 Å². The molecule has 0 atom stereocenters. The SMILES string of the molecule is CN(CCCNC(=S)Nc1ccc([N+](=O)[O-])cc1)c1ccccc1. The Hall–Kier alpha value is -2.67. The quantitative estimate of drug-likeness (QED) is 0.347. The second-order valence-electron chi connectivity index (χ2n) is 5.30. The molecule has 0 aliphatic heterocycles. The molecule has 0 saturated heterocycles. The number of hydrogen-bond donors (Lipinski definition) is 2. The number of benzene rings is 2. The molecule has 7 heteroatoms. The van der Waals surface area contributed by atoms with Gasteiger partial charge in [-0.2, -0.15) is 0 Å². The summed E-state index contributed by atoms with van der Waals surface area (Å²) >= 11 is 5.22. The second kappa shape index (κ2) is 8.83. The van der Waals surface area contributed by atoms with Crippen LogP contribution in [0.5, 0.6) is 0 Å². The van der Waals surface area contributed by atoms with Crippen molar-refractivity contribution in [3.63, 3.8) is 0 Å². The Morgan fingerprint density at radius 3 is 2.46 bits per heavy atom. The molecule has 0 aromatic heterocycles. The van der Waals surface area contributed by atoms with Gasteiger partial charge in [-0.1, -0.05) is 18.2 Å². The Kier molecular flexibility index (Phi) is 6.51. The first-order valence-electron chi connectivity index (χ1n) is 7.62. The van der Waals surface area contributed by atoms with E-state index in [0.717, 1.165) is 25.2 Å². The van der Waals surface area contributed by atoms with Gasteiger partial charge in [-0.15, -0.1) is 0 Å². The average Bonchev–Trinajstić information content (AvgIpc) is 2.59. The lowest BCUT2D eigenvalue weighted by atomic mass is 10.3. The summed E-state index contributed by atoms with van der Waals surface area (Å²) in [6.07, 6.45) is 0.938. The first-order valence-corrected chi connectivity index (χ1v) is 8.02. The summed E-state index contributed by atoms with van der Waals surface area (Å²) in [7, 11) is 2.06. The number of nitro groups is 1. The van der Waals surface area contributed by atoms with Crippen LogP contribution < -0.4 is 15.5 Å². The first-order chi connectivity index (χ1) is 11.6. The van der Waals surface area contributed by atoms with Crippen molar-refractivity contribution in [2.24, 2.45) is 0 Å². The van der Waals surface area contributed by atoms with Gasteiger partial charge in [0.2, 0.25) is 0 Å². The van der Waals surface area contributed by atoms with Crippen LogP contribution in [-0.4, -0.2) is 30.2 Å². The van der Waals surface area contributed by atoms with E-state index in [2.05, 4.69) is 34.7 Å². The first kappa shape index (κ1) is 17.7. The Bertz CT molecular complexity index is 677. The molecule has 0 aliphatic carbocycles. The predicted octanol–water partition coefficient (Wildman–Crippen LogP) is 3.41. The maximum Gasteiger partial charge on any atom is 0.269 e. The maximum atomic E-state index is 10.6. The summed E-state index contributed by atoms with van der Waals surface area (Å²) in [5, 5.41) is 17.3. The van der Waals surface area contributed by atoms with E-state index < -0.39 is 4.92 Å². The lowest BCUT2D eigenvalue weighted by Crippen LogP contribution is -2.31. The predicted molar refractivity (Wildman–Crippen MR) is 102 cm³/mol. The van der Waals surface area contributed by atoms with Crippen molar-refractivity contribution < 1.29 is 4.92 Å². The van der Waals surface area contributed by atoms with Crippen molar-refractivity contribution in [1.82, 2.24) is 5.32 Å². The molecule has 0 radical (unpaired) electrons. The van der Waals surface area contributed by atoms with Crippen LogP contribution in [0.3, 0.4) is 0 Å². The van der Waals surface area contributed by atoms with Crippen molar-refractivity contribution in [2.45, 2.75) is 6.42 Å². The van der Waals surface area contributed by atoms with Gasteiger partial charge in [0.1, 0.15) is 0 Å². The highest BCUT2D eigenvalue weighted by molar-refractivity contribution is 7.80. The van der Waals surface area contributed by atoms with E-state index in [1.807, 2.05) is 18.2 Å². The Morgan fingerprint density at radius 1 is 1.17 bits per heavy atom. The third-order valence-electron chi connectivity index (χ3n) is 3.49. The molecule has 0 aliphatic rings. The van der Waals surface area contributed by atoms with E-state index in [0.29, 0.717) is 5.11 Å². The van der Waals surface area contributed by atoms with E-state index in [1.165, 1.54) is 17.8 Å². The van der Waals surface area contributed by atoms with Crippen LogP contribution in [0.2, 0.25) is 0 Å². The summed E-state index contributed by atoms with van der Waals surface area (Å²) in [6, 6.07) is 16.4. The normalized spacial score (nSPS) is 10.0.